The van der Waals surface area contributed by atoms with Gasteiger partial charge in [0.25, 0.3) is 0 Å². The van der Waals surface area contributed by atoms with E-state index in [9.17, 15) is 9.90 Å². The summed E-state index contributed by atoms with van der Waals surface area (Å²) in [6.45, 7) is 8.75. The summed E-state index contributed by atoms with van der Waals surface area (Å²) in [5, 5.41) is 9.87. The van der Waals surface area contributed by atoms with Crippen molar-refractivity contribution in [3.8, 4) is 5.88 Å². The molecule has 0 radical (unpaired) electrons. The standard InChI is InChI=1S/C19H25N5O3/c1-4-27-18-15(6-5-7-20-18)16(19(25)26)23-8-10-24(11-9-23)17-14(3)21-12-13(2)22-17/h5-7,12,16H,4,8-11H2,1-3H3,(H,25,26). The predicted octanol–water partition coefficient (Wildman–Crippen LogP) is 1.84. The molecule has 1 saturated heterocycles. The Kier molecular flexibility index (Phi) is 5.85. The van der Waals surface area contributed by atoms with E-state index >= 15 is 0 Å². The lowest BCUT2D eigenvalue weighted by Crippen LogP contribution is -2.49. The van der Waals surface area contributed by atoms with Gasteiger partial charge < -0.3 is 14.7 Å². The third-order valence-corrected chi connectivity index (χ3v) is 4.64. The summed E-state index contributed by atoms with van der Waals surface area (Å²) in [4.78, 5) is 29.3. The van der Waals surface area contributed by atoms with Gasteiger partial charge in [0.05, 0.1) is 18.0 Å². The van der Waals surface area contributed by atoms with Gasteiger partial charge in [-0.3, -0.25) is 14.7 Å². The molecule has 0 amide bonds. The first-order valence-electron chi connectivity index (χ1n) is 9.11. The van der Waals surface area contributed by atoms with Gasteiger partial charge in [0.15, 0.2) is 0 Å². The molecule has 2 aromatic heterocycles. The Morgan fingerprint density at radius 1 is 1.26 bits per heavy atom. The number of rotatable bonds is 6. The molecule has 8 nitrogen and oxygen atoms in total. The molecule has 1 fully saturated rings. The normalized spacial score (nSPS) is 16.2. The van der Waals surface area contributed by atoms with E-state index in [1.54, 1.807) is 24.5 Å². The van der Waals surface area contributed by atoms with Crippen molar-refractivity contribution in [2.24, 2.45) is 0 Å². The van der Waals surface area contributed by atoms with Crippen LogP contribution in [0, 0.1) is 13.8 Å². The van der Waals surface area contributed by atoms with Gasteiger partial charge in [0, 0.05) is 44.1 Å². The van der Waals surface area contributed by atoms with E-state index in [0.717, 1.165) is 17.2 Å². The van der Waals surface area contributed by atoms with E-state index in [4.69, 9.17) is 4.74 Å². The summed E-state index contributed by atoms with van der Waals surface area (Å²) < 4.78 is 5.55. The van der Waals surface area contributed by atoms with E-state index in [-0.39, 0.29) is 0 Å². The lowest BCUT2D eigenvalue weighted by molar-refractivity contribution is -0.143. The fourth-order valence-corrected chi connectivity index (χ4v) is 3.37. The number of carbonyl (C=O) groups is 1. The molecule has 0 aliphatic carbocycles. The summed E-state index contributed by atoms with van der Waals surface area (Å²) in [6, 6.07) is 2.74. The molecule has 3 rings (SSSR count). The molecule has 1 atom stereocenters. The van der Waals surface area contributed by atoms with Gasteiger partial charge in [-0.15, -0.1) is 0 Å². The zero-order chi connectivity index (χ0) is 19.4. The fourth-order valence-electron chi connectivity index (χ4n) is 3.37. The number of carboxylic acid groups (broad SMARTS) is 1. The first-order chi connectivity index (χ1) is 13.0. The van der Waals surface area contributed by atoms with Crippen molar-refractivity contribution < 1.29 is 14.6 Å². The van der Waals surface area contributed by atoms with Crippen LogP contribution in [0.15, 0.2) is 24.5 Å². The van der Waals surface area contributed by atoms with Gasteiger partial charge in [-0.05, 0) is 32.9 Å². The molecule has 1 aliphatic heterocycles. The maximum Gasteiger partial charge on any atom is 0.325 e. The lowest BCUT2D eigenvalue weighted by atomic mass is 10.1. The fraction of sp³-hybridized carbons (Fsp3) is 0.474. The van der Waals surface area contributed by atoms with E-state index in [0.29, 0.717) is 44.2 Å². The zero-order valence-electron chi connectivity index (χ0n) is 15.9. The minimum absolute atomic E-state index is 0.384. The molecule has 0 aromatic carbocycles. The third kappa shape index (κ3) is 4.16. The highest BCUT2D eigenvalue weighted by Crippen LogP contribution is 2.29. The Morgan fingerprint density at radius 3 is 2.67 bits per heavy atom. The number of pyridine rings is 1. The highest BCUT2D eigenvalue weighted by atomic mass is 16.5. The number of nitrogens with zero attached hydrogens (tertiary/aromatic N) is 5. The Labute approximate surface area is 158 Å². The van der Waals surface area contributed by atoms with Gasteiger partial charge in [0.1, 0.15) is 11.9 Å². The smallest absolute Gasteiger partial charge is 0.325 e. The minimum Gasteiger partial charge on any atom is -0.480 e. The highest BCUT2D eigenvalue weighted by Gasteiger charge is 2.33. The molecule has 1 N–H and O–H groups in total. The Morgan fingerprint density at radius 2 is 2.00 bits per heavy atom. The van der Waals surface area contributed by atoms with E-state index in [2.05, 4.69) is 19.9 Å². The van der Waals surface area contributed by atoms with Gasteiger partial charge in [-0.25, -0.2) is 9.97 Å². The van der Waals surface area contributed by atoms with Gasteiger partial charge >= 0.3 is 5.97 Å². The van der Waals surface area contributed by atoms with Crippen LogP contribution in [0.25, 0.3) is 0 Å². The first kappa shape index (κ1) is 19.0. The number of carboxylic acids is 1. The first-order valence-corrected chi connectivity index (χ1v) is 9.11. The molecule has 144 valence electrons. The van der Waals surface area contributed by atoms with Crippen LogP contribution in [0.3, 0.4) is 0 Å². The molecule has 2 aromatic rings. The molecular weight excluding hydrogens is 346 g/mol. The van der Waals surface area contributed by atoms with E-state index < -0.39 is 12.0 Å². The number of hydrogen-bond donors (Lipinski definition) is 1. The molecule has 27 heavy (non-hydrogen) atoms. The average Bonchev–Trinajstić information content (AvgIpc) is 2.66. The molecule has 0 saturated carbocycles. The van der Waals surface area contributed by atoms with Gasteiger partial charge in [-0.2, -0.15) is 0 Å². The summed E-state index contributed by atoms with van der Waals surface area (Å²) in [5.74, 6) is 0.358. The SMILES string of the molecule is CCOc1ncccc1C(C(=O)O)N1CCN(c2nc(C)cnc2C)CC1. The molecule has 1 unspecified atom stereocenters. The van der Waals surface area contributed by atoms with Crippen molar-refractivity contribution >= 4 is 11.8 Å². The number of hydrogen-bond acceptors (Lipinski definition) is 7. The van der Waals surface area contributed by atoms with Crippen LogP contribution in [0.2, 0.25) is 0 Å². The largest absolute Gasteiger partial charge is 0.480 e. The van der Waals surface area contributed by atoms with Crippen LogP contribution in [0.5, 0.6) is 5.88 Å². The second kappa shape index (κ2) is 8.30. The van der Waals surface area contributed by atoms with Crippen molar-refractivity contribution in [3.63, 3.8) is 0 Å². The number of anilines is 1. The van der Waals surface area contributed by atoms with Crippen LogP contribution in [0.4, 0.5) is 5.82 Å². The monoisotopic (exact) mass is 371 g/mol. The maximum absolute atomic E-state index is 12.0. The molecular formula is C19H25N5O3. The van der Waals surface area contributed by atoms with Crippen molar-refractivity contribution in [1.29, 1.82) is 0 Å². The van der Waals surface area contributed by atoms with Crippen molar-refractivity contribution in [2.75, 3.05) is 37.7 Å². The zero-order valence-corrected chi connectivity index (χ0v) is 15.9. The number of piperazine rings is 1. The van der Waals surface area contributed by atoms with E-state index in [1.165, 1.54) is 0 Å². The summed E-state index contributed by atoms with van der Waals surface area (Å²) in [6.07, 6.45) is 3.37. The lowest BCUT2D eigenvalue weighted by Gasteiger charge is -2.38. The average molecular weight is 371 g/mol. The van der Waals surface area contributed by atoms with Gasteiger partial charge in [0.2, 0.25) is 5.88 Å². The molecule has 3 heterocycles. The Hall–Kier alpha value is -2.74. The number of aliphatic carboxylic acids is 1. The maximum atomic E-state index is 12.0. The third-order valence-electron chi connectivity index (χ3n) is 4.64. The van der Waals surface area contributed by atoms with Crippen LogP contribution >= 0.6 is 0 Å². The summed E-state index contributed by atoms with van der Waals surface area (Å²) in [5.41, 5.74) is 2.35. The molecule has 8 heteroatoms. The number of aromatic nitrogens is 3. The second-order valence-corrected chi connectivity index (χ2v) is 6.51. The molecule has 1 aliphatic rings. The molecule has 0 spiro atoms. The van der Waals surface area contributed by atoms with Crippen LogP contribution < -0.4 is 9.64 Å². The number of aryl methyl sites for hydroxylation is 2. The van der Waals surface area contributed by atoms with Crippen LogP contribution in [-0.4, -0.2) is 63.7 Å². The Bertz CT molecular complexity index is 806. The molecule has 0 bridgehead atoms. The van der Waals surface area contributed by atoms with Crippen LogP contribution in [-0.2, 0) is 4.79 Å². The van der Waals surface area contributed by atoms with Crippen molar-refractivity contribution in [3.05, 3.63) is 41.5 Å². The topological polar surface area (TPSA) is 91.7 Å². The summed E-state index contributed by atoms with van der Waals surface area (Å²) in [7, 11) is 0. The Balaban J connectivity index is 1.78. The quantitative estimate of drug-likeness (QED) is 0.822. The van der Waals surface area contributed by atoms with Crippen molar-refractivity contribution in [2.45, 2.75) is 26.8 Å². The van der Waals surface area contributed by atoms with E-state index in [1.807, 2.05) is 25.7 Å². The number of ether oxygens (including phenoxy) is 1. The van der Waals surface area contributed by atoms with Crippen molar-refractivity contribution in [1.82, 2.24) is 19.9 Å². The second-order valence-electron chi connectivity index (χ2n) is 6.51. The van der Waals surface area contributed by atoms with Gasteiger partial charge in [-0.1, -0.05) is 0 Å². The van der Waals surface area contributed by atoms with Crippen LogP contribution in [0.1, 0.15) is 29.9 Å². The highest BCUT2D eigenvalue weighted by molar-refractivity contribution is 5.76. The minimum atomic E-state index is -0.899. The predicted molar refractivity (Wildman–Crippen MR) is 101 cm³/mol. The summed E-state index contributed by atoms with van der Waals surface area (Å²) >= 11 is 0.